The van der Waals surface area contributed by atoms with Gasteiger partial charge in [-0.25, -0.2) is 13.2 Å². The van der Waals surface area contributed by atoms with Gasteiger partial charge >= 0.3 is 5.97 Å². The Bertz CT molecular complexity index is 710. The van der Waals surface area contributed by atoms with Crippen LogP contribution in [0.25, 0.3) is 0 Å². The van der Waals surface area contributed by atoms with Gasteiger partial charge in [0.15, 0.2) is 0 Å². The number of sulfonamides is 1. The van der Waals surface area contributed by atoms with Crippen molar-refractivity contribution in [3.63, 3.8) is 0 Å². The molecule has 1 saturated heterocycles. The second kappa shape index (κ2) is 6.00. The van der Waals surface area contributed by atoms with Crippen LogP contribution >= 0.6 is 11.6 Å². The van der Waals surface area contributed by atoms with Crippen LogP contribution < -0.4 is 0 Å². The average Bonchev–Trinajstić information content (AvgIpc) is 2.43. The highest BCUT2D eigenvalue weighted by molar-refractivity contribution is 7.89. The monoisotopic (exact) mass is 345 g/mol. The average molecular weight is 346 g/mol. The predicted octanol–water partition coefficient (Wildman–Crippen LogP) is 1.44. The van der Waals surface area contributed by atoms with E-state index in [0.29, 0.717) is 6.42 Å². The number of halogens is 1. The van der Waals surface area contributed by atoms with Crippen molar-refractivity contribution >= 4 is 27.6 Å². The van der Waals surface area contributed by atoms with E-state index in [1.807, 2.05) is 0 Å². The lowest BCUT2D eigenvalue weighted by Crippen LogP contribution is -2.63. The van der Waals surface area contributed by atoms with Crippen LogP contribution in [0.3, 0.4) is 0 Å². The molecular formula is C14H16ClNO5S. The fraction of sp³-hybridized carbons (Fsp3) is 0.357. The Balaban J connectivity index is 2.36. The van der Waals surface area contributed by atoms with Crippen molar-refractivity contribution < 1.29 is 23.1 Å². The molecular weight excluding hydrogens is 330 g/mol. The van der Waals surface area contributed by atoms with Gasteiger partial charge in [0.05, 0.1) is 23.2 Å². The summed E-state index contributed by atoms with van der Waals surface area (Å²) in [5.41, 5.74) is -1.23. The van der Waals surface area contributed by atoms with Gasteiger partial charge < -0.3 is 9.84 Å². The van der Waals surface area contributed by atoms with Crippen molar-refractivity contribution in [2.45, 2.75) is 16.9 Å². The summed E-state index contributed by atoms with van der Waals surface area (Å²) in [5.74, 6) is -0.789. The molecule has 6 nitrogen and oxygen atoms in total. The van der Waals surface area contributed by atoms with Crippen molar-refractivity contribution in [3.8, 4) is 0 Å². The van der Waals surface area contributed by atoms with Crippen LogP contribution in [0.1, 0.15) is 16.8 Å². The Morgan fingerprint density at radius 2 is 2.18 bits per heavy atom. The van der Waals surface area contributed by atoms with Gasteiger partial charge in [0.25, 0.3) is 0 Å². The van der Waals surface area contributed by atoms with Gasteiger partial charge in [0.1, 0.15) is 0 Å². The van der Waals surface area contributed by atoms with Crippen molar-refractivity contribution in [1.29, 1.82) is 0 Å². The van der Waals surface area contributed by atoms with Crippen LogP contribution in [0.2, 0.25) is 5.02 Å². The summed E-state index contributed by atoms with van der Waals surface area (Å²) in [6.45, 7) is 3.43. The summed E-state index contributed by atoms with van der Waals surface area (Å²) in [7, 11) is -2.76. The van der Waals surface area contributed by atoms with Crippen molar-refractivity contribution in [2.24, 2.45) is 0 Å². The highest BCUT2D eigenvalue weighted by Gasteiger charge is 2.47. The first-order valence-corrected chi connectivity index (χ1v) is 8.26. The van der Waals surface area contributed by atoms with Gasteiger partial charge in [-0.1, -0.05) is 17.7 Å². The molecule has 0 aromatic heterocycles. The summed E-state index contributed by atoms with van der Waals surface area (Å²) in [4.78, 5) is 11.6. The molecule has 120 valence electrons. The topological polar surface area (TPSA) is 83.9 Å². The minimum absolute atomic E-state index is 0.0510. The highest BCUT2D eigenvalue weighted by atomic mass is 35.5. The number of benzene rings is 1. The second-order valence-corrected chi connectivity index (χ2v) is 7.47. The quantitative estimate of drug-likeness (QED) is 0.645. The molecule has 0 spiro atoms. The lowest BCUT2D eigenvalue weighted by molar-refractivity contribution is -0.0560. The van der Waals surface area contributed by atoms with E-state index in [1.54, 1.807) is 0 Å². The van der Waals surface area contributed by atoms with E-state index in [1.165, 1.54) is 24.3 Å². The number of β-amino-alcohol motifs (C(OH)–C–C–N with tert-alkyl or cyclic N) is 1. The summed E-state index contributed by atoms with van der Waals surface area (Å²) in [5, 5.41) is 10.3. The number of esters is 1. The molecule has 0 atom stereocenters. The fourth-order valence-corrected chi connectivity index (χ4v) is 4.24. The van der Waals surface area contributed by atoms with Gasteiger partial charge in [0.2, 0.25) is 10.0 Å². The second-order valence-electron chi connectivity index (χ2n) is 5.12. The van der Waals surface area contributed by atoms with Gasteiger partial charge in [-0.05, 0) is 24.6 Å². The molecule has 1 aromatic carbocycles. The maximum absolute atomic E-state index is 12.6. The van der Waals surface area contributed by atoms with E-state index >= 15 is 0 Å². The van der Waals surface area contributed by atoms with E-state index in [-0.39, 0.29) is 28.6 Å². The van der Waals surface area contributed by atoms with E-state index < -0.39 is 21.6 Å². The van der Waals surface area contributed by atoms with Crippen molar-refractivity contribution in [1.82, 2.24) is 4.31 Å². The molecule has 0 bridgehead atoms. The van der Waals surface area contributed by atoms with Crippen LogP contribution in [0.4, 0.5) is 0 Å². The number of aliphatic hydroxyl groups is 1. The Hall–Kier alpha value is -1.41. The number of ether oxygens (including phenoxy) is 1. The molecule has 0 saturated carbocycles. The lowest BCUT2D eigenvalue weighted by atomic mass is 9.93. The number of carbonyl (C=O) groups excluding carboxylic acids is 1. The van der Waals surface area contributed by atoms with Crippen LogP contribution in [0.15, 0.2) is 35.7 Å². The Morgan fingerprint density at radius 1 is 1.55 bits per heavy atom. The molecule has 1 heterocycles. The molecule has 0 radical (unpaired) electrons. The minimum Gasteiger partial charge on any atom is -0.465 e. The van der Waals surface area contributed by atoms with Crippen LogP contribution in [0, 0.1) is 0 Å². The molecule has 0 aliphatic carbocycles. The minimum atomic E-state index is -3.91. The molecule has 1 aliphatic heterocycles. The number of nitrogens with zero attached hydrogens (tertiary/aromatic N) is 1. The van der Waals surface area contributed by atoms with Crippen molar-refractivity contribution in [3.05, 3.63) is 41.4 Å². The fourth-order valence-electron chi connectivity index (χ4n) is 2.31. The predicted molar refractivity (Wildman–Crippen MR) is 81.3 cm³/mol. The maximum Gasteiger partial charge on any atom is 0.339 e. The molecule has 0 unspecified atom stereocenters. The van der Waals surface area contributed by atoms with E-state index in [0.717, 1.165) is 11.4 Å². The zero-order valence-corrected chi connectivity index (χ0v) is 13.5. The summed E-state index contributed by atoms with van der Waals surface area (Å²) in [6.07, 6.45) is 1.83. The van der Waals surface area contributed by atoms with Gasteiger partial charge in [-0.3, -0.25) is 0 Å². The smallest absolute Gasteiger partial charge is 0.339 e. The molecule has 8 heteroatoms. The number of methoxy groups -OCH3 is 1. The molecule has 1 aliphatic rings. The first kappa shape index (κ1) is 17.0. The third kappa shape index (κ3) is 3.03. The number of rotatable bonds is 5. The number of hydrogen-bond donors (Lipinski definition) is 1. The number of carbonyl (C=O) groups is 1. The highest BCUT2D eigenvalue weighted by Crippen LogP contribution is 2.32. The largest absolute Gasteiger partial charge is 0.465 e. The molecule has 0 amide bonds. The molecule has 1 aromatic rings. The lowest BCUT2D eigenvalue weighted by Gasteiger charge is -2.45. The van der Waals surface area contributed by atoms with Gasteiger partial charge in [-0.15, -0.1) is 6.58 Å². The third-order valence-corrected chi connectivity index (χ3v) is 5.52. The van der Waals surface area contributed by atoms with Crippen LogP contribution in [-0.4, -0.2) is 49.6 Å². The Morgan fingerprint density at radius 3 is 2.73 bits per heavy atom. The van der Waals surface area contributed by atoms with E-state index in [4.69, 9.17) is 11.6 Å². The maximum atomic E-state index is 12.6. The van der Waals surface area contributed by atoms with E-state index in [2.05, 4.69) is 11.3 Å². The van der Waals surface area contributed by atoms with Gasteiger partial charge in [0, 0.05) is 18.1 Å². The third-order valence-electron chi connectivity index (χ3n) is 3.43. The summed E-state index contributed by atoms with van der Waals surface area (Å²) < 4.78 is 30.9. The molecule has 1 fully saturated rings. The zero-order valence-electron chi connectivity index (χ0n) is 12.0. The molecule has 22 heavy (non-hydrogen) atoms. The van der Waals surface area contributed by atoms with Crippen LogP contribution in [-0.2, 0) is 14.8 Å². The standard InChI is InChI=1S/C14H16ClNO5S/c1-3-6-14(18)8-16(9-14)22(19,20)12-5-4-10(15)7-11(12)13(17)21-2/h3-5,7,18H,1,6,8-9H2,2H3. The Labute approximate surface area is 134 Å². The zero-order chi connectivity index (χ0) is 16.5. The van der Waals surface area contributed by atoms with Crippen LogP contribution in [0.5, 0.6) is 0 Å². The summed E-state index contributed by atoms with van der Waals surface area (Å²) in [6, 6.07) is 3.89. The molecule has 1 N–H and O–H groups in total. The van der Waals surface area contributed by atoms with Crippen molar-refractivity contribution in [2.75, 3.05) is 20.2 Å². The summed E-state index contributed by atoms with van der Waals surface area (Å²) >= 11 is 5.81. The van der Waals surface area contributed by atoms with E-state index in [9.17, 15) is 18.3 Å². The molecule has 2 rings (SSSR count). The first-order valence-electron chi connectivity index (χ1n) is 6.45. The number of hydrogen-bond acceptors (Lipinski definition) is 5. The normalized spacial score (nSPS) is 17.6. The SMILES string of the molecule is C=CCC1(O)CN(S(=O)(=O)c2ccc(Cl)cc2C(=O)OC)C1. The first-order chi connectivity index (χ1) is 10.2. The Kier molecular flexibility index (Phi) is 4.62. The van der Waals surface area contributed by atoms with Gasteiger partial charge in [-0.2, -0.15) is 4.31 Å².